The van der Waals surface area contributed by atoms with Crippen molar-refractivity contribution in [1.29, 1.82) is 0 Å². The number of nitro groups is 1. The van der Waals surface area contributed by atoms with Crippen LogP contribution in [0.2, 0.25) is 5.02 Å². The van der Waals surface area contributed by atoms with Crippen molar-refractivity contribution in [3.63, 3.8) is 0 Å². The van der Waals surface area contributed by atoms with Crippen LogP contribution in [0.1, 0.15) is 17.2 Å². The fourth-order valence-electron chi connectivity index (χ4n) is 3.19. The largest absolute Gasteiger partial charge is 0.367 e. The van der Waals surface area contributed by atoms with Gasteiger partial charge < -0.3 is 9.55 Å². The predicted molar refractivity (Wildman–Crippen MR) is 104 cm³/mol. The maximum atomic E-state index is 11.0. The highest BCUT2D eigenvalue weighted by molar-refractivity contribution is 6.30. The van der Waals surface area contributed by atoms with Crippen molar-refractivity contribution in [3.05, 3.63) is 106 Å². The first kappa shape index (κ1) is 17.1. The van der Waals surface area contributed by atoms with E-state index in [2.05, 4.69) is 9.97 Å². The molecule has 0 spiro atoms. The predicted octanol–water partition coefficient (Wildman–Crippen LogP) is 5.08. The third kappa shape index (κ3) is 3.35. The summed E-state index contributed by atoms with van der Waals surface area (Å²) in [6.45, 7) is 0. The first-order chi connectivity index (χ1) is 13.1. The average Bonchev–Trinajstić information content (AvgIpc) is 3.36. The highest BCUT2D eigenvalue weighted by Gasteiger charge is 2.21. The van der Waals surface area contributed by atoms with Crippen molar-refractivity contribution in [2.24, 2.45) is 0 Å². The Kier molecular flexibility index (Phi) is 4.48. The fraction of sp³-hybridized carbons (Fsp3) is 0.0500. The summed E-state index contributed by atoms with van der Waals surface area (Å²) in [6.07, 6.45) is 9.21. The molecule has 4 rings (SSSR count). The van der Waals surface area contributed by atoms with Crippen LogP contribution in [0.3, 0.4) is 0 Å². The van der Waals surface area contributed by atoms with Crippen LogP contribution >= 0.6 is 11.6 Å². The summed E-state index contributed by atoms with van der Waals surface area (Å²) in [6, 6.07) is 14.1. The lowest BCUT2D eigenvalue weighted by Crippen LogP contribution is -2.11. The molecule has 1 unspecified atom stereocenters. The molecule has 0 aliphatic heterocycles. The number of hydrogen-bond donors (Lipinski definition) is 1. The topological polar surface area (TPSA) is 76.8 Å². The van der Waals surface area contributed by atoms with E-state index >= 15 is 0 Å². The van der Waals surface area contributed by atoms with Crippen LogP contribution in [0.5, 0.6) is 0 Å². The highest BCUT2D eigenvalue weighted by Crippen LogP contribution is 2.35. The number of aromatic amines is 1. The van der Waals surface area contributed by atoms with Crippen LogP contribution < -0.4 is 0 Å². The van der Waals surface area contributed by atoms with E-state index in [1.807, 2.05) is 47.4 Å². The van der Waals surface area contributed by atoms with Crippen LogP contribution in [-0.2, 0) is 0 Å². The summed E-state index contributed by atoms with van der Waals surface area (Å²) in [5.74, 6) is 0. The standard InChI is InChI=1S/C20H15ClN4O2/c21-16-5-1-14(2-6-16)18-11-23-12-19(18)20(24-10-9-22-13-24)15-3-7-17(8-4-15)25(26)27/h1-13,20,23H. The molecule has 0 radical (unpaired) electrons. The minimum atomic E-state index is -0.397. The second-order valence-corrected chi connectivity index (χ2v) is 6.53. The monoisotopic (exact) mass is 378 g/mol. The molecule has 0 saturated heterocycles. The zero-order valence-electron chi connectivity index (χ0n) is 14.1. The molecule has 0 amide bonds. The van der Waals surface area contributed by atoms with Crippen LogP contribution in [0.25, 0.3) is 11.1 Å². The molecular weight excluding hydrogens is 364 g/mol. The zero-order valence-corrected chi connectivity index (χ0v) is 14.9. The van der Waals surface area contributed by atoms with Crippen molar-refractivity contribution in [2.75, 3.05) is 0 Å². The van der Waals surface area contributed by atoms with Crippen molar-refractivity contribution in [2.45, 2.75) is 6.04 Å². The molecule has 2 aromatic heterocycles. The number of non-ortho nitro benzene ring substituents is 1. The third-order valence-corrected chi connectivity index (χ3v) is 4.72. The van der Waals surface area contributed by atoms with Gasteiger partial charge in [0.15, 0.2) is 0 Å². The van der Waals surface area contributed by atoms with E-state index < -0.39 is 4.92 Å². The number of H-pyrrole nitrogens is 1. The summed E-state index contributed by atoms with van der Waals surface area (Å²) in [7, 11) is 0. The van der Waals surface area contributed by atoms with E-state index in [1.165, 1.54) is 12.1 Å². The number of rotatable bonds is 5. The lowest BCUT2D eigenvalue weighted by atomic mass is 9.94. The van der Waals surface area contributed by atoms with Gasteiger partial charge in [0.25, 0.3) is 5.69 Å². The zero-order chi connectivity index (χ0) is 18.8. The fourth-order valence-corrected chi connectivity index (χ4v) is 3.32. The van der Waals surface area contributed by atoms with E-state index in [4.69, 9.17) is 11.6 Å². The molecule has 27 heavy (non-hydrogen) atoms. The molecule has 0 fully saturated rings. The van der Waals surface area contributed by atoms with E-state index in [0.29, 0.717) is 5.02 Å². The summed E-state index contributed by atoms with van der Waals surface area (Å²) >= 11 is 6.02. The molecule has 2 heterocycles. The normalized spacial score (nSPS) is 12.0. The van der Waals surface area contributed by atoms with E-state index in [-0.39, 0.29) is 11.7 Å². The maximum Gasteiger partial charge on any atom is 0.269 e. The van der Waals surface area contributed by atoms with Gasteiger partial charge in [-0.25, -0.2) is 4.98 Å². The van der Waals surface area contributed by atoms with Gasteiger partial charge in [0, 0.05) is 53.1 Å². The van der Waals surface area contributed by atoms with E-state index in [9.17, 15) is 10.1 Å². The maximum absolute atomic E-state index is 11.0. The van der Waals surface area contributed by atoms with Crippen molar-refractivity contribution in [1.82, 2.24) is 14.5 Å². The van der Waals surface area contributed by atoms with Gasteiger partial charge in [0.05, 0.1) is 17.3 Å². The molecule has 0 aliphatic carbocycles. The lowest BCUT2D eigenvalue weighted by Gasteiger charge is -2.20. The smallest absolute Gasteiger partial charge is 0.269 e. The van der Waals surface area contributed by atoms with Gasteiger partial charge in [-0.15, -0.1) is 0 Å². The Morgan fingerprint density at radius 1 is 1.07 bits per heavy atom. The Labute approximate surface area is 160 Å². The van der Waals surface area contributed by atoms with Gasteiger partial charge in [0.2, 0.25) is 0 Å². The Morgan fingerprint density at radius 3 is 2.44 bits per heavy atom. The van der Waals surface area contributed by atoms with Crippen LogP contribution in [0.15, 0.2) is 79.6 Å². The Hall–Kier alpha value is -3.38. The van der Waals surface area contributed by atoms with Crippen LogP contribution in [0.4, 0.5) is 5.69 Å². The number of halogens is 1. The Morgan fingerprint density at radius 2 is 1.81 bits per heavy atom. The third-order valence-electron chi connectivity index (χ3n) is 4.47. The molecule has 134 valence electrons. The molecular formula is C20H15ClN4O2. The van der Waals surface area contributed by atoms with Crippen LogP contribution in [0, 0.1) is 10.1 Å². The molecule has 0 aliphatic rings. The van der Waals surface area contributed by atoms with Gasteiger partial charge in [-0.2, -0.15) is 0 Å². The summed E-state index contributed by atoms with van der Waals surface area (Å²) in [4.78, 5) is 17.9. The minimum absolute atomic E-state index is 0.0649. The van der Waals surface area contributed by atoms with Gasteiger partial charge in [-0.3, -0.25) is 10.1 Å². The lowest BCUT2D eigenvalue weighted by molar-refractivity contribution is -0.384. The highest BCUT2D eigenvalue weighted by atomic mass is 35.5. The minimum Gasteiger partial charge on any atom is -0.367 e. The SMILES string of the molecule is O=[N+]([O-])c1ccc(C(c2c[nH]cc2-c2ccc(Cl)cc2)n2ccnc2)cc1. The number of aromatic nitrogens is 3. The molecule has 7 heteroatoms. The number of nitro benzene ring substituents is 1. The van der Waals surface area contributed by atoms with E-state index in [1.54, 1.807) is 24.7 Å². The number of hydrogen-bond acceptors (Lipinski definition) is 3. The number of nitrogens with zero attached hydrogens (tertiary/aromatic N) is 3. The summed E-state index contributed by atoms with van der Waals surface area (Å²) < 4.78 is 1.98. The molecule has 0 bridgehead atoms. The molecule has 0 saturated carbocycles. The van der Waals surface area contributed by atoms with Gasteiger partial charge >= 0.3 is 0 Å². The van der Waals surface area contributed by atoms with Gasteiger partial charge in [0.1, 0.15) is 0 Å². The van der Waals surface area contributed by atoms with Crippen molar-refractivity contribution < 1.29 is 4.92 Å². The molecule has 2 aromatic carbocycles. The number of imidazole rings is 1. The average molecular weight is 379 g/mol. The van der Waals surface area contributed by atoms with Gasteiger partial charge in [-0.05, 0) is 35.4 Å². The summed E-state index contributed by atoms with van der Waals surface area (Å²) in [5.41, 5.74) is 4.08. The van der Waals surface area contributed by atoms with Crippen LogP contribution in [-0.4, -0.2) is 19.5 Å². The first-order valence-electron chi connectivity index (χ1n) is 8.28. The molecule has 1 N–H and O–H groups in total. The Balaban J connectivity index is 1.83. The second kappa shape index (κ2) is 7.09. The summed E-state index contributed by atoms with van der Waals surface area (Å²) in [5, 5.41) is 11.7. The first-order valence-corrected chi connectivity index (χ1v) is 8.65. The molecule has 4 aromatic rings. The molecule has 6 nitrogen and oxygen atoms in total. The second-order valence-electron chi connectivity index (χ2n) is 6.09. The van der Waals surface area contributed by atoms with E-state index in [0.717, 1.165) is 22.3 Å². The molecule has 1 atom stereocenters. The number of benzene rings is 2. The Bertz CT molecular complexity index is 1050. The number of nitrogens with one attached hydrogen (secondary N) is 1. The quantitative estimate of drug-likeness (QED) is 0.388. The van der Waals surface area contributed by atoms with Crippen molar-refractivity contribution >= 4 is 17.3 Å². The van der Waals surface area contributed by atoms with Crippen molar-refractivity contribution in [3.8, 4) is 11.1 Å². The van der Waals surface area contributed by atoms with Gasteiger partial charge in [-0.1, -0.05) is 23.7 Å².